The molecule has 0 bridgehead atoms. The normalized spacial score (nSPS) is 15.1. The van der Waals surface area contributed by atoms with Crippen LogP contribution >= 0.6 is 0 Å². The zero-order chi connectivity index (χ0) is 11.7. The standard InChI is InChI=1S/C13H14FN3/c14-11-2-5-13(17-7-1-6-16-17)10(8-11)9-15-12-3-4-12/h1-2,5-8,12,15H,3-4,9H2. The summed E-state index contributed by atoms with van der Waals surface area (Å²) in [4.78, 5) is 0. The summed E-state index contributed by atoms with van der Waals surface area (Å²) in [6.45, 7) is 0.692. The van der Waals surface area contributed by atoms with Crippen molar-refractivity contribution < 1.29 is 4.39 Å². The molecule has 17 heavy (non-hydrogen) atoms. The largest absolute Gasteiger partial charge is 0.310 e. The van der Waals surface area contributed by atoms with Crippen molar-refractivity contribution in [2.75, 3.05) is 0 Å². The summed E-state index contributed by atoms with van der Waals surface area (Å²) in [5.74, 6) is -0.200. The Bertz CT molecular complexity index is 503. The van der Waals surface area contributed by atoms with E-state index in [0.29, 0.717) is 12.6 Å². The maximum absolute atomic E-state index is 13.3. The number of aromatic nitrogens is 2. The molecule has 1 aromatic heterocycles. The first-order valence-corrected chi connectivity index (χ1v) is 5.85. The SMILES string of the molecule is Fc1ccc(-n2cccn2)c(CNC2CC2)c1. The highest BCUT2D eigenvalue weighted by molar-refractivity contribution is 5.40. The Kier molecular flexibility index (Phi) is 2.65. The molecule has 0 aliphatic heterocycles. The fourth-order valence-electron chi connectivity index (χ4n) is 1.87. The van der Waals surface area contributed by atoms with E-state index in [-0.39, 0.29) is 5.82 Å². The molecule has 1 aromatic carbocycles. The Balaban J connectivity index is 1.89. The fraction of sp³-hybridized carbons (Fsp3) is 0.308. The average molecular weight is 231 g/mol. The lowest BCUT2D eigenvalue weighted by Crippen LogP contribution is -2.17. The first kappa shape index (κ1) is 10.5. The van der Waals surface area contributed by atoms with E-state index in [1.165, 1.54) is 18.9 Å². The molecule has 0 atom stereocenters. The number of nitrogens with one attached hydrogen (secondary N) is 1. The van der Waals surface area contributed by atoms with Gasteiger partial charge in [-0.25, -0.2) is 9.07 Å². The van der Waals surface area contributed by atoms with E-state index >= 15 is 0 Å². The lowest BCUT2D eigenvalue weighted by molar-refractivity contribution is 0.617. The van der Waals surface area contributed by atoms with Gasteiger partial charge in [0.05, 0.1) is 5.69 Å². The summed E-state index contributed by atoms with van der Waals surface area (Å²) in [7, 11) is 0. The Morgan fingerprint density at radius 1 is 1.41 bits per heavy atom. The Morgan fingerprint density at radius 2 is 2.29 bits per heavy atom. The Labute approximate surface area is 99.3 Å². The minimum atomic E-state index is -0.200. The van der Waals surface area contributed by atoms with Crippen molar-refractivity contribution in [2.45, 2.75) is 25.4 Å². The van der Waals surface area contributed by atoms with Crippen molar-refractivity contribution in [3.63, 3.8) is 0 Å². The maximum atomic E-state index is 13.3. The van der Waals surface area contributed by atoms with E-state index < -0.39 is 0 Å². The molecule has 1 saturated carbocycles. The second-order valence-electron chi connectivity index (χ2n) is 4.38. The summed E-state index contributed by atoms with van der Waals surface area (Å²) in [5, 5.41) is 7.58. The van der Waals surface area contributed by atoms with E-state index in [2.05, 4.69) is 10.4 Å². The monoisotopic (exact) mass is 231 g/mol. The zero-order valence-corrected chi connectivity index (χ0v) is 9.44. The van der Waals surface area contributed by atoms with Crippen molar-refractivity contribution in [2.24, 2.45) is 0 Å². The van der Waals surface area contributed by atoms with Gasteiger partial charge in [-0.15, -0.1) is 0 Å². The molecule has 0 spiro atoms. The van der Waals surface area contributed by atoms with Crippen LogP contribution in [0.4, 0.5) is 4.39 Å². The number of hydrogen-bond donors (Lipinski definition) is 1. The fourth-order valence-corrected chi connectivity index (χ4v) is 1.87. The van der Waals surface area contributed by atoms with Crippen LogP contribution in [0.15, 0.2) is 36.7 Å². The van der Waals surface area contributed by atoms with Crippen molar-refractivity contribution in [1.82, 2.24) is 15.1 Å². The molecule has 1 N–H and O–H groups in total. The van der Waals surface area contributed by atoms with Gasteiger partial charge in [-0.3, -0.25) is 0 Å². The molecule has 0 radical (unpaired) electrons. The average Bonchev–Trinajstić information content (AvgIpc) is 3.00. The van der Waals surface area contributed by atoms with Gasteiger partial charge in [-0.1, -0.05) is 0 Å². The summed E-state index contributed by atoms with van der Waals surface area (Å²) in [5.41, 5.74) is 1.88. The van der Waals surface area contributed by atoms with Gasteiger partial charge in [0.2, 0.25) is 0 Å². The molecule has 3 rings (SSSR count). The van der Waals surface area contributed by atoms with Crippen LogP contribution < -0.4 is 5.32 Å². The molecule has 0 saturated heterocycles. The van der Waals surface area contributed by atoms with Crippen LogP contribution in [0.3, 0.4) is 0 Å². The van der Waals surface area contributed by atoms with E-state index in [4.69, 9.17) is 0 Å². The third-order valence-electron chi connectivity index (χ3n) is 2.95. The van der Waals surface area contributed by atoms with Crippen LogP contribution in [0.5, 0.6) is 0 Å². The Hall–Kier alpha value is -1.68. The van der Waals surface area contributed by atoms with Crippen molar-refractivity contribution in [1.29, 1.82) is 0 Å². The molecule has 0 amide bonds. The lowest BCUT2D eigenvalue weighted by atomic mass is 10.1. The molecule has 1 aliphatic carbocycles. The van der Waals surface area contributed by atoms with Crippen LogP contribution in [0, 0.1) is 5.82 Å². The van der Waals surface area contributed by atoms with E-state index in [1.807, 2.05) is 12.3 Å². The van der Waals surface area contributed by atoms with Crippen LogP contribution in [-0.4, -0.2) is 15.8 Å². The van der Waals surface area contributed by atoms with Crippen LogP contribution in [0.1, 0.15) is 18.4 Å². The smallest absolute Gasteiger partial charge is 0.123 e. The highest BCUT2D eigenvalue weighted by Gasteiger charge is 2.20. The zero-order valence-electron chi connectivity index (χ0n) is 9.44. The maximum Gasteiger partial charge on any atom is 0.123 e. The third-order valence-corrected chi connectivity index (χ3v) is 2.95. The number of rotatable bonds is 4. The van der Waals surface area contributed by atoms with Gasteiger partial charge >= 0.3 is 0 Å². The van der Waals surface area contributed by atoms with Gasteiger partial charge in [-0.2, -0.15) is 5.10 Å². The molecule has 4 heteroatoms. The molecular weight excluding hydrogens is 217 g/mol. The van der Waals surface area contributed by atoms with Crippen molar-refractivity contribution >= 4 is 0 Å². The van der Waals surface area contributed by atoms with Crippen molar-refractivity contribution in [3.8, 4) is 5.69 Å². The predicted octanol–water partition coefficient (Wildman–Crippen LogP) is 2.26. The molecular formula is C13H14FN3. The minimum Gasteiger partial charge on any atom is -0.310 e. The molecule has 1 fully saturated rings. The summed E-state index contributed by atoms with van der Waals surface area (Å²) in [6.07, 6.45) is 6.05. The second kappa shape index (κ2) is 4.30. The Morgan fingerprint density at radius 3 is 3.00 bits per heavy atom. The topological polar surface area (TPSA) is 29.9 Å². The second-order valence-corrected chi connectivity index (χ2v) is 4.38. The summed E-state index contributed by atoms with van der Waals surface area (Å²) in [6, 6.07) is 7.29. The van der Waals surface area contributed by atoms with E-state index in [0.717, 1.165) is 11.3 Å². The highest BCUT2D eigenvalue weighted by Crippen LogP contribution is 2.21. The molecule has 1 aliphatic rings. The lowest BCUT2D eigenvalue weighted by Gasteiger charge is -2.10. The molecule has 3 nitrogen and oxygen atoms in total. The number of halogens is 1. The van der Waals surface area contributed by atoms with Crippen LogP contribution in [0.25, 0.3) is 5.69 Å². The summed E-state index contributed by atoms with van der Waals surface area (Å²) < 4.78 is 15.0. The highest BCUT2D eigenvalue weighted by atomic mass is 19.1. The third kappa shape index (κ3) is 2.36. The first-order valence-electron chi connectivity index (χ1n) is 5.85. The number of hydrogen-bond acceptors (Lipinski definition) is 2. The quantitative estimate of drug-likeness (QED) is 0.874. The van der Waals surface area contributed by atoms with E-state index in [9.17, 15) is 4.39 Å². The van der Waals surface area contributed by atoms with Gasteiger partial charge in [0.25, 0.3) is 0 Å². The van der Waals surface area contributed by atoms with E-state index in [1.54, 1.807) is 23.0 Å². The molecule has 2 aromatic rings. The first-order chi connectivity index (χ1) is 8.33. The van der Waals surface area contributed by atoms with Crippen LogP contribution in [-0.2, 0) is 6.54 Å². The van der Waals surface area contributed by atoms with Crippen LogP contribution in [0.2, 0.25) is 0 Å². The molecule has 0 unspecified atom stereocenters. The van der Waals surface area contributed by atoms with Gasteiger partial charge in [0, 0.05) is 25.0 Å². The van der Waals surface area contributed by atoms with Gasteiger partial charge < -0.3 is 5.32 Å². The predicted molar refractivity (Wildman–Crippen MR) is 63.4 cm³/mol. The number of nitrogens with zero attached hydrogens (tertiary/aromatic N) is 2. The van der Waals surface area contributed by atoms with Gasteiger partial charge in [0.15, 0.2) is 0 Å². The molecule has 1 heterocycles. The minimum absolute atomic E-state index is 0.200. The molecule has 88 valence electrons. The number of benzene rings is 1. The summed E-state index contributed by atoms with van der Waals surface area (Å²) >= 11 is 0. The van der Waals surface area contributed by atoms with Crippen molar-refractivity contribution in [3.05, 3.63) is 48.0 Å². The van der Waals surface area contributed by atoms with Gasteiger partial charge in [-0.05, 0) is 42.7 Å². The van der Waals surface area contributed by atoms with Gasteiger partial charge in [0.1, 0.15) is 5.82 Å².